The van der Waals surface area contributed by atoms with E-state index in [0.29, 0.717) is 0 Å². The summed E-state index contributed by atoms with van der Waals surface area (Å²) in [6.45, 7) is 6.65. The van der Waals surface area contributed by atoms with Gasteiger partial charge in [0.15, 0.2) is 0 Å². The van der Waals surface area contributed by atoms with Crippen LogP contribution in [0.3, 0.4) is 0 Å². The van der Waals surface area contributed by atoms with E-state index in [1.54, 1.807) is 23.1 Å². The molecule has 0 atom stereocenters. The molecule has 0 fully saturated rings. The minimum Gasteiger partial charge on any atom is -0.238 e. The lowest BCUT2D eigenvalue weighted by Gasteiger charge is -2.19. The smallest absolute Gasteiger partial charge is 0.115 e. The lowest BCUT2D eigenvalue weighted by Crippen LogP contribution is -2.05. The second-order valence-electron chi connectivity index (χ2n) is 4.31. The van der Waals surface area contributed by atoms with Crippen LogP contribution in [0.1, 0.15) is 25.6 Å². The first-order valence-electron chi connectivity index (χ1n) is 4.63. The first kappa shape index (κ1) is 10.0. The number of thiazole rings is 1. The molecule has 0 N–H and O–H groups in total. The van der Waals surface area contributed by atoms with E-state index < -0.39 is 0 Å². The first-order valence-corrected chi connectivity index (χ1v) is 6.33. The molecule has 2 rings (SSSR count). The van der Waals surface area contributed by atoms with Gasteiger partial charge in [0.05, 0.1) is 5.51 Å². The number of nitrogens with zero attached hydrogens (tertiary/aromatic N) is 1. The summed E-state index contributed by atoms with van der Waals surface area (Å²) in [5.74, 6) is 0. The summed E-state index contributed by atoms with van der Waals surface area (Å²) in [5.41, 5.74) is 5.48. The fourth-order valence-corrected chi connectivity index (χ4v) is 3.11. The zero-order chi connectivity index (χ0) is 10.2. The third kappa shape index (κ3) is 1.95. The fourth-order valence-electron chi connectivity index (χ4n) is 1.21. The van der Waals surface area contributed by atoms with Crippen molar-refractivity contribution in [1.29, 1.82) is 0 Å². The molecule has 0 aliphatic carbocycles. The molecule has 74 valence electrons. The number of allylic oxidation sites excluding steroid dienone is 1. The van der Waals surface area contributed by atoms with Crippen LogP contribution in [-0.2, 0) is 6.42 Å². The van der Waals surface area contributed by atoms with E-state index in [0.717, 1.165) is 6.42 Å². The Balaban J connectivity index is 2.37. The van der Waals surface area contributed by atoms with Crippen molar-refractivity contribution in [1.82, 2.24) is 4.98 Å². The second kappa shape index (κ2) is 3.58. The zero-order valence-electron chi connectivity index (χ0n) is 8.63. The van der Waals surface area contributed by atoms with Crippen molar-refractivity contribution in [2.24, 2.45) is 5.41 Å². The summed E-state index contributed by atoms with van der Waals surface area (Å²) < 4.78 is 0. The molecular weight excluding hydrogens is 210 g/mol. The average molecular weight is 223 g/mol. The highest BCUT2D eigenvalue weighted by Gasteiger charge is 2.21. The number of hydrogen-bond acceptors (Lipinski definition) is 3. The number of fused-ring (bicyclic) bond motifs is 1. The molecule has 1 aliphatic heterocycles. The predicted octanol–water partition coefficient (Wildman–Crippen LogP) is 3.88. The largest absolute Gasteiger partial charge is 0.238 e. The van der Waals surface area contributed by atoms with Crippen LogP contribution in [0.15, 0.2) is 27.2 Å². The first-order chi connectivity index (χ1) is 6.57. The second-order valence-corrected chi connectivity index (χ2v) is 6.25. The van der Waals surface area contributed by atoms with Gasteiger partial charge in [0.2, 0.25) is 0 Å². The monoisotopic (exact) mass is 223 g/mol. The Kier molecular flexibility index (Phi) is 2.56. The number of rotatable bonds is 0. The van der Waals surface area contributed by atoms with E-state index in [1.807, 2.05) is 5.51 Å². The highest BCUT2D eigenvalue weighted by atomic mass is 32.2. The molecule has 0 bridgehead atoms. The molecule has 0 saturated carbocycles. The fraction of sp³-hybridized carbons (Fsp3) is 0.455. The molecule has 0 saturated heterocycles. The SMILES string of the molecule is CC(C)(C)C1=C=CCc2scnc2S1. The molecule has 0 amide bonds. The van der Waals surface area contributed by atoms with Crippen LogP contribution in [0.2, 0.25) is 0 Å². The van der Waals surface area contributed by atoms with Crippen molar-refractivity contribution >= 4 is 23.1 Å². The summed E-state index contributed by atoms with van der Waals surface area (Å²) in [5, 5.41) is 1.17. The minimum absolute atomic E-state index is 0.173. The van der Waals surface area contributed by atoms with Crippen molar-refractivity contribution in [3.05, 3.63) is 27.1 Å². The lowest BCUT2D eigenvalue weighted by molar-refractivity contribution is 0.534. The van der Waals surface area contributed by atoms with Gasteiger partial charge in [-0.15, -0.1) is 17.1 Å². The van der Waals surface area contributed by atoms with Crippen LogP contribution in [0, 0.1) is 5.41 Å². The Morgan fingerprint density at radius 3 is 2.93 bits per heavy atom. The van der Waals surface area contributed by atoms with Gasteiger partial charge >= 0.3 is 0 Å². The highest BCUT2D eigenvalue weighted by Crippen LogP contribution is 2.41. The maximum atomic E-state index is 4.38. The number of aromatic nitrogens is 1. The third-order valence-electron chi connectivity index (χ3n) is 2.00. The topological polar surface area (TPSA) is 12.9 Å². The van der Waals surface area contributed by atoms with Crippen LogP contribution in [-0.4, -0.2) is 4.98 Å². The summed E-state index contributed by atoms with van der Waals surface area (Å²) in [6.07, 6.45) is 3.10. The van der Waals surface area contributed by atoms with Crippen LogP contribution in [0.5, 0.6) is 0 Å². The van der Waals surface area contributed by atoms with Crippen molar-refractivity contribution in [3.63, 3.8) is 0 Å². The van der Waals surface area contributed by atoms with Gasteiger partial charge in [-0.3, -0.25) is 0 Å². The van der Waals surface area contributed by atoms with Gasteiger partial charge in [0.1, 0.15) is 5.03 Å². The van der Waals surface area contributed by atoms with Crippen molar-refractivity contribution < 1.29 is 0 Å². The maximum absolute atomic E-state index is 4.38. The molecule has 0 radical (unpaired) electrons. The van der Waals surface area contributed by atoms with E-state index in [9.17, 15) is 0 Å². The number of thioether (sulfide) groups is 1. The van der Waals surface area contributed by atoms with E-state index in [1.165, 1.54) is 14.8 Å². The van der Waals surface area contributed by atoms with Gasteiger partial charge in [0.25, 0.3) is 0 Å². The van der Waals surface area contributed by atoms with Crippen LogP contribution < -0.4 is 0 Å². The minimum atomic E-state index is 0.173. The van der Waals surface area contributed by atoms with Crippen LogP contribution in [0.4, 0.5) is 0 Å². The van der Waals surface area contributed by atoms with Crippen molar-refractivity contribution in [2.45, 2.75) is 32.2 Å². The van der Waals surface area contributed by atoms with Gasteiger partial charge in [-0.25, -0.2) is 4.98 Å². The summed E-state index contributed by atoms with van der Waals surface area (Å²) in [4.78, 5) is 7.02. The Morgan fingerprint density at radius 2 is 2.21 bits per heavy atom. The molecule has 1 aromatic rings. The molecule has 3 heteroatoms. The quantitative estimate of drug-likeness (QED) is 0.619. The van der Waals surface area contributed by atoms with Gasteiger partial charge in [0, 0.05) is 21.6 Å². The van der Waals surface area contributed by atoms with Crippen molar-refractivity contribution in [3.8, 4) is 0 Å². The Morgan fingerprint density at radius 1 is 1.43 bits per heavy atom. The van der Waals surface area contributed by atoms with Crippen LogP contribution >= 0.6 is 23.1 Å². The van der Waals surface area contributed by atoms with Crippen molar-refractivity contribution in [2.75, 3.05) is 0 Å². The third-order valence-corrected chi connectivity index (χ3v) is 4.47. The Hall–Kier alpha value is -0.500. The molecule has 0 spiro atoms. The predicted molar refractivity (Wildman–Crippen MR) is 62.7 cm³/mol. The van der Waals surface area contributed by atoms with E-state index >= 15 is 0 Å². The van der Waals surface area contributed by atoms with Gasteiger partial charge in [-0.05, 0) is 6.08 Å². The number of hydrogen-bond donors (Lipinski definition) is 0. The summed E-state index contributed by atoms with van der Waals surface area (Å²) in [6, 6.07) is 0. The normalized spacial score (nSPS) is 16.1. The standard InChI is InChI=1S/C11H13NS2/c1-11(2,3)9-6-4-5-8-10(14-9)12-7-13-8/h4,7H,5H2,1-3H3. The Labute approximate surface area is 92.9 Å². The molecule has 14 heavy (non-hydrogen) atoms. The highest BCUT2D eigenvalue weighted by molar-refractivity contribution is 8.03. The zero-order valence-corrected chi connectivity index (χ0v) is 10.3. The average Bonchev–Trinajstić information content (AvgIpc) is 2.41. The Bertz CT molecular complexity index is 403. The van der Waals surface area contributed by atoms with E-state index in [4.69, 9.17) is 0 Å². The molecule has 1 aromatic heterocycles. The summed E-state index contributed by atoms with van der Waals surface area (Å²) in [7, 11) is 0. The molecule has 0 unspecified atom stereocenters. The van der Waals surface area contributed by atoms with Crippen LogP contribution in [0.25, 0.3) is 0 Å². The van der Waals surface area contributed by atoms with Gasteiger partial charge in [-0.1, -0.05) is 32.5 Å². The van der Waals surface area contributed by atoms with Gasteiger partial charge in [-0.2, -0.15) is 0 Å². The maximum Gasteiger partial charge on any atom is 0.115 e. The molecule has 1 nitrogen and oxygen atoms in total. The lowest BCUT2D eigenvalue weighted by atomic mass is 9.96. The molecular formula is C11H13NS2. The van der Waals surface area contributed by atoms with Gasteiger partial charge < -0.3 is 0 Å². The molecule has 0 aromatic carbocycles. The summed E-state index contributed by atoms with van der Waals surface area (Å²) >= 11 is 3.50. The van der Waals surface area contributed by atoms with E-state index in [2.05, 4.69) is 37.6 Å². The molecule has 1 aliphatic rings. The van der Waals surface area contributed by atoms with E-state index in [-0.39, 0.29) is 5.41 Å². The molecule has 2 heterocycles.